The molecule has 2 aromatic heterocycles. The lowest BCUT2D eigenvalue weighted by Gasteiger charge is -2.32. The molecular formula is C18H25N5O2. The molecule has 1 N–H and O–H groups in total. The summed E-state index contributed by atoms with van der Waals surface area (Å²) in [7, 11) is 0. The van der Waals surface area contributed by atoms with E-state index in [0.717, 1.165) is 24.4 Å². The van der Waals surface area contributed by atoms with Gasteiger partial charge in [-0.15, -0.1) is 0 Å². The maximum Gasteiger partial charge on any atom is 0.251 e. The summed E-state index contributed by atoms with van der Waals surface area (Å²) >= 11 is 0. The number of piperidine rings is 1. The highest BCUT2D eigenvalue weighted by molar-refractivity contribution is 5.76. The lowest BCUT2D eigenvalue weighted by atomic mass is 9.93. The molecular weight excluding hydrogens is 318 g/mol. The Kier molecular flexibility index (Phi) is 5.01. The minimum atomic E-state index is -0.106. The van der Waals surface area contributed by atoms with Gasteiger partial charge in [0, 0.05) is 49.9 Å². The fourth-order valence-electron chi connectivity index (χ4n) is 3.57. The van der Waals surface area contributed by atoms with Gasteiger partial charge >= 0.3 is 0 Å². The molecule has 0 aliphatic carbocycles. The summed E-state index contributed by atoms with van der Waals surface area (Å²) in [5, 5.41) is 0. The van der Waals surface area contributed by atoms with Crippen molar-refractivity contribution in [2.45, 2.75) is 52.0 Å². The fourth-order valence-corrected chi connectivity index (χ4v) is 3.57. The van der Waals surface area contributed by atoms with Crippen molar-refractivity contribution in [2.24, 2.45) is 0 Å². The molecule has 0 spiro atoms. The van der Waals surface area contributed by atoms with Crippen molar-refractivity contribution in [3.8, 4) is 0 Å². The number of hydrogen-bond donors (Lipinski definition) is 1. The van der Waals surface area contributed by atoms with E-state index in [2.05, 4.69) is 15.0 Å². The Morgan fingerprint density at radius 2 is 2.08 bits per heavy atom. The van der Waals surface area contributed by atoms with E-state index >= 15 is 0 Å². The number of aryl methyl sites for hydroxylation is 2. The number of carbonyl (C=O) groups is 1. The van der Waals surface area contributed by atoms with Crippen LogP contribution in [-0.2, 0) is 4.79 Å². The van der Waals surface area contributed by atoms with Crippen molar-refractivity contribution >= 4 is 5.91 Å². The molecule has 1 aliphatic rings. The minimum Gasteiger partial charge on any atom is -0.343 e. The number of H-pyrrole nitrogens is 1. The smallest absolute Gasteiger partial charge is 0.251 e. The van der Waals surface area contributed by atoms with E-state index in [0.29, 0.717) is 25.3 Å². The third kappa shape index (κ3) is 3.97. The van der Waals surface area contributed by atoms with Crippen LogP contribution >= 0.6 is 0 Å². The lowest BCUT2D eigenvalue weighted by Crippen LogP contribution is -2.39. The second kappa shape index (κ2) is 7.21. The summed E-state index contributed by atoms with van der Waals surface area (Å²) in [6.07, 6.45) is 5.85. The van der Waals surface area contributed by atoms with Gasteiger partial charge in [0.05, 0.1) is 5.69 Å². The van der Waals surface area contributed by atoms with E-state index < -0.39 is 0 Å². The van der Waals surface area contributed by atoms with Crippen molar-refractivity contribution in [3.05, 3.63) is 46.2 Å². The Hall–Kier alpha value is -2.44. The first-order valence-corrected chi connectivity index (χ1v) is 8.79. The molecule has 134 valence electrons. The van der Waals surface area contributed by atoms with Gasteiger partial charge in [-0.3, -0.25) is 9.59 Å². The molecule has 3 rings (SSSR count). The third-order valence-corrected chi connectivity index (χ3v) is 4.95. The van der Waals surface area contributed by atoms with Gasteiger partial charge in [-0.25, -0.2) is 9.97 Å². The number of rotatable bonds is 4. The Morgan fingerprint density at radius 1 is 1.36 bits per heavy atom. The van der Waals surface area contributed by atoms with Crippen molar-refractivity contribution < 1.29 is 4.79 Å². The van der Waals surface area contributed by atoms with Crippen molar-refractivity contribution in [1.82, 2.24) is 24.4 Å². The van der Waals surface area contributed by atoms with E-state index in [1.807, 2.05) is 29.5 Å². The van der Waals surface area contributed by atoms with Gasteiger partial charge in [0.1, 0.15) is 11.6 Å². The Balaban J connectivity index is 1.57. The molecule has 25 heavy (non-hydrogen) atoms. The summed E-state index contributed by atoms with van der Waals surface area (Å²) in [5.74, 6) is 1.99. The molecule has 2 aromatic rings. The van der Waals surface area contributed by atoms with E-state index in [1.54, 1.807) is 19.2 Å². The molecule has 1 saturated heterocycles. The number of aromatic nitrogens is 4. The number of nitrogens with zero attached hydrogens (tertiary/aromatic N) is 4. The van der Waals surface area contributed by atoms with Crippen molar-refractivity contribution in [2.75, 3.05) is 13.1 Å². The average Bonchev–Trinajstić information content (AvgIpc) is 3.00. The minimum absolute atomic E-state index is 0.102. The van der Waals surface area contributed by atoms with Crippen molar-refractivity contribution in [1.29, 1.82) is 0 Å². The Bertz CT molecular complexity index is 802. The van der Waals surface area contributed by atoms with Crippen LogP contribution in [0.5, 0.6) is 0 Å². The predicted octanol–water partition coefficient (Wildman–Crippen LogP) is 1.94. The molecule has 7 heteroatoms. The molecule has 3 heterocycles. The maximum atomic E-state index is 12.6. The van der Waals surface area contributed by atoms with Crippen LogP contribution in [0.3, 0.4) is 0 Å². The molecule has 0 bridgehead atoms. The molecule has 1 aliphatic heterocycles. The highest BCUT2D eigenvalue weighted by Crippen LogP contribution is 2.27. The summed E-state index contributed by atoms with van der Waals surface area (Å²) in [5.41, 5.74) is 0.737. The molecule has 0 saturated carbocycles. The van der Waals surface area contributed by atoms with Crippen LogP contribution in [0, 0.1) is 13.8 Å². The van der Waals surface area contributed by atoms with Crippen LogP contribution in [0.4, 0.5) is 0 Å². The molecule has 0 aromatic carbocycles. The molecule has 1 fully saturated rings. The van der Waals surface area contributed by atoms with E-state index in [1.165, 1.54) is 0 Å². The summed E-state index contributed by atoms with van der Waals surface area (Å²) in [4.78, 5) is 37.5. The summed E-state index contributed by atoms with van der Waals surface area (Å²) in [6, 6.07) is 1.68. The summed E-state index contributed by atoms with van der Waals surface area (Å²) < 4.78 is 2.04. The standard InChI is InChI=1S/C18H25N5O2/c1-12(23-9-6-19-14(23)3)10-18(25)22-7-4-15(5-8-22)16-11-17(24)21-13(2)20-16/h6,9,11-12,15H,4-5,7-8,10H2,1-3H3,(H,20,21,24)/t12-/m0/s1. The first-order chi connectivity index (χ1) is 11.9. The zero-order valence-corrected chi connectivity index (χ0v) is 15.0. The number of nitrogens with one attached hydrogen (secondary N) is 1. The molecule has 1 amide bonds. The molecule has 7 nitrogen and oxygen atoms in total. The van der Waals surface area contributed by atoms with Crippen LogP contribution in [0.25, 0.3) is 0 Å². The quantitative estimate of drug-likeness (QED) is 0.919. The van der Waals surface area contributed by atoms with Crippen LogP contribution in [-0.4, -0.2) is 43.4 Å². The van der Waals surface area contributed by atoms with Crippen LogP contribution in [0.1, 0.15) is 55.5 Å². The normalized spacial score (nSPS) is 16.8. The molecule has 1 atom stereocenters. The van der Waals surface area contributed by atoms with E-state index in [4.69, 9.17) is 0 Å². The van der Waals surface area contributed by atoms with Gasteiger partial charge < -0.3 is 14.5 Å². The number of hydrogen-bond acceptors (Lipinski definition) is 4. The average molecular weight is 343 g/mol. The third-order valence-electron chi connectivity index (χ3n) is 4.95. The van der Waals surface area contributed by atoms with Gasteiger partial charge in [-0.2, -0.15) is 0 Å². The predicted molar refractivity (Wildman–Crippen MR) is 94.4 cm³/mol. The van der Waals surface area contributed by atoms with Crippen molar-refractivity contribution in [3.63, 3.8) is 0 Å². The van der Waals surface area contributed by atoms with Crippen LogP contribution < -0.4 is 5.56 Å². The fraction of sp³-hybridized carbons (Fsp3) is 0.556. The second-order valence-electron chi connectivity index (χ2n) is 6.85. The topological polar surface area (TPSA) is 83.9 Å². The Morgan fingerprint density at radius 3 is 2.68 bits per heavy atom. The number of likely N-dealkylation sites (tertiary alicyclic amines) is 1. The first kappa shape index (κ1) is 17.4. The zero-order valence-electron chi connectivity index (χ0n) is 15.0. The van der Waals surface area contributed by atoms with Gasteiger partial charge in [0.2, 0.25) is 5.91 Å². The van der Waals surface area contributed by atoms with Gasteiger partial charge in [0.25, 0.3) is 5.56 Å². The summed E-state index contributed by atoms with van der Waals surface area (Å²) in [6.45, 7) is 7.22. The van der Waals surface area contributed by atoms with Gasteiger partial charge in [-0.1, -0.05) is 0 Å². The van der Waals surface area contributed by atoms with E-state index in [9.17, 15) is 9.59 Å². The second-order valence-corrected chi connectivity index (χ2v) is 6.85. The van der Waals surface area contributed by atoms with Crippen LogP contribution in [0.2, 0.25) is 0 Å². The number of amides is 1. The van der Waals surface area contributed by atoms with Gasteiger partial charge in [-0.05, 0) is 33.6 Å². The monoisotopic (exact) mass is 343 g/mol. The number of imidazole rings is 1. The SMILES string of the molecule is Cc1nc(C2CCN(C(=O)C[C@H](C)n3ccnc3C)CC2)cc(=O)[nH]1. The Labute approximate surface area is 147 Å². The highest BCUT2D eigenvalue weighted by atomic mass is 16.2. The van der Waals surface area contributed by atoms with Gasteiger partial charge in [0.15, 0.2) is 0 Å². The maximum absolute atomic E-state index is 12.6. The lowest BCUT2D eigenvalue weighted by molar-refractivity contribution is -0.133. The zero-order chi connectivity index (χ0) is 18.0. The van der Waals surface area contributed by atoms with Crippen LogP contribution in [0.15, 0.2) is 23.3 Å². The number of carbonyl (C=O) groups excluding carboxylic acids is 1. The number of aromatic amines is 1. The highest BCUT2D eigenvalue weighted by Gasteiger charge is 2.26. The largest absolute Gasteiger partial charge is 0.343 e. The first-order valence-electron chi connectivity index (χ1n) is 8.79. The molecule has 0 unspecified atom stereocenters. The molecule has 0 radical (unpaired) electrons. The van der Waals surface area contributed by atoms with E-state index in [-0.39, 0.29) is 23.4 Å².